The lowest BCUT2D eigenvalue weighted by Crippen LogP contribution is -2.44. The third-order valence-corrected chi connectivity index (χ3v) is 2.96. The van der Waals surface area contributed by atoms with E-state index in [-0.39, 0.29) is 0 Å². The van der Waals surface area contributed by atoms with E-state index in [1.165, 1.54) is 7.11 Å². The van der Waals surface area contributed by atoms with Crippen LogP contribution in [0.15, 0.2) is 24.3 Å². The molecule has 0 saturated carbocycles. The van der Waals surface area contributed by atoms with E-state index in [4.69, 9.17) is 16.3 Å². The lowest BCUT2D eigenvalue weighted by molar-refractivity contribution is 0.170. The van der Waals surface area contributed by atoms with Crippen LogP contribution in [0.4, 0.5) is 15.3 Å². The van der Waals surface area contributed by atoms with E-state index in [2.05, 4.69) is 10.2 Å². The summed E-state index contributed by atoms with van der Waals surface area (Å²) in [5.41, 5.74) is 2.55. The molecule has 0 saturated heterocycles. The van der Waals surface area contributed by atoms with Crippen LogP contribution < -0.4 is 15.2 Å². The molecule has 0 aliphatic heterocycles. The fraction of sp³-hybridized carbons (Fsp3) is 0.333. The van der Waals surface area contributed by atoms with Crippen molar-refractivity contribution in [3.05, 3.63) is 24.3 Å². The molecule has 6 nitrogen and oxygen atoms in total. The van der Waals surface area contributed by atoms with Gasteiger partial charge in [0.1, 0.15) is 11.4 Å². The molecule has 1 aromatic carbocycles. The predicted octanol–water partition coefficient (Wildman–Crippen LogP) is 2.86. The first-order valence-electron chi connectivity index (χ1n) is 5.65. The van der Waals surface area contributed by atoms with Crippen LogP contribution in [-0.4, -0.2) is 37.2 Å². The Kier molecular flexibility index (Phi) is 7.03. The molecule has 1 N–H and O–H groups in total. The van der Waals surface area contributed by atoms with Crippen LogP contribution in [0.25, 0.3) is 0 Å². The number of carbonyl (C=O) groups is 2. The molecule has 0 fully saturated rings. The van der Waals surface area contributed by atoms with E-state index in [1.54, 1.807) is 36.0 Å². The molecule has 8 heteroatoms. The zero-order valence-corrected chi connectivity index (χ0v) is 12.7. The van der Waals surface area contributed by atoms with Gasteiger partial charge in [0.15, 0.2) is 0 Å². The quantitative estimate of drug-likeness (QED) is 0.391. The maximum absolute atomic E-state index is 11.4. The highest BCUT2D eigenvalue weighted by Crippen LogP contribution is 2.28. The normalized spacial score (nSPS) is 9.75. The van der Waals surface area contributed by atoms with Gasteiger partial charge in [-0.1, -0.05) is 12.1 Å². The average molecular weight is 319 g/mol. The topological polar surface area (TPSA) is 67.9 Å². The van der Waals surface area contributed by atoms with Gasteiger partial charge >= 0.3 is 11.5 Å². The summed E-state index contributed by atoms with van der Waals surface area (Å²) in [5, 5.41) is -0.0155. The number of methoxy groups -OCH3 is 1. The molecule has 0 aliphatic rings. The number of thioether (sulfide) groups is 1. The number of amides is 2. The second kappa shape index (κ2) is 8.55. The molecule has 0 atom stereocenters. The first-order chi connectivity index (χ1) is 9.60. The highest BCUT2D eigenvalue weighted by molar-refractivity contribution is 7.98. The van der Waals surface area contributed by atoms with Crippen molar-refractivity contribution in [2.75, 3.05) is 30.7 Å². The highest BCUT2D eigenvalue weighted by atomic mass is 35.5. The number of anilines is 1. The van der Waals surface area contributed by atoms with Gasteiger partial charge < -0.3 is 9.47 Å². The summed E-state index contributed by atoms with van der Waals surface area (Å²) in [6, 6.07) is 6.74. The Morgan fingerprint density at radius 1 is 1.40 bits per heavy atom. The van der Waals surface area contributed by atoms with Gasteiger partial charge in [-0.05, 0) is 30.0 Å². The number of hydrazine groups is 1. The van der Waals surface area contributed by atoms with Crippen molar-refractivity contribution in [1.29, 1.82) is 0 Å². The molecule has 0 aromatic heterocycles. The van der Waals surface area contributed by atoms with E-state index in [1.807, 2.05) is 6.26 Å². The minimum absolute atomic E-state index is 0.332. The zero-order chi connectivity index (χ0) is 15.0. The molecule has 110 valence electrons. The van der Waals surface area contributed by atoms with Crippen LogP contribution in [0.5, 0.6) is 5.75 Å². The summed E-state index contributed by atoms with van der Waals surface area (Å²) in [6.07, 6.45) is 1.15. The van der Waals surface area contributed by atoms with Crippen LogP contribution in [0, 0.1) is 0 Å². The highest BCUT2D eigenvalue weighted by Gasteiger charge is 2.20. The fourth-order valence-electron chi connectivity index (χ4n) is 1.33. The zero-order valence-electron chi connectivity index (χ0n) is 11.1. The number of rotatable bonds is 5. The molecule has 1 rings (SSSR count). The summed E-state index contributed by atoms with van der Waals surface area (Å²) in [7, 11) is 1.19. The minimum atomic E-state index is -0.878. The summed E-state index contributed by atoms with van der Waals surface area (Å²) in [6.45, 7) is 0.473. The van der Waals surface area contributed by atoms with Crippen molar-refractivity contribution in [2.24, 2.45) is 0 Å². The van der Waals surface area contributed by atoms with Gasteiger partial charge in [-0.3, -0.25) is 4.79 Å². The minimum Gasteiger partial charge on any atom is -0.490 e. The number of hydrogen-bond acceptors (Lipinski definition) is 5. The Morgan fingerprint density at radius 3 is 2.70 bits per heavy atom. The Balaban J connectivity index is 2.94. The van der Waals surface area contributed by atoms with Gasteiger partial charge in [-0.2, -0.15) is 11.8 Å². The number of benzene rings is 1. The number of hydrogen-bond donors (Lipinski definition) is 1. The van der Waals surface area contributed by atoms with Crippen LogP contribution in [-0.2, 0) is 4.74 Å². The smallest absolute Gasteiger partial charge is 0.426 e. The predicted molar refractivity (Wildman–Crippen MR) is 79.6 cm³/mol. The number of para-hydroxylation sites is 2. The molecule has 20 heavy (non-hydrogen) atoms. The number of carbonyl (C=O) groups excluding carboxylic acids is 2. The second-order valence-electron chi connectivity index (χ2n) is 3.50. The standard InChI is InChI=1S/C12H15ClN2O4S/c1-18-12(17)14-15(11(13)16)9-5-3-4-6-10(9)19-7-8-20-2/h3-6H,7-8H2,1-2H3,(H,14,17). The molecule has 2 amide bonds. The maximum Gasteiger partial charge on any atom is 0.426 e. The lowest BCUT2D eigenvalue weighted by Gasteiger charge is -2.22. The molecule has 0 aliphatic carbocycles. The fourth-order valence-corrected chi connectivity index (χ4v) is 1.72. The molecular formula is C12H15ClN2O4S. The third-order valence-electron chi connectivity index (χ3n) is 2.22. The van der Waals surface area contributed by atoms with Gasteiger partial charge in [0, 0.05) is 5.75 Å². The molecule has 0 bridgehead atoms. The van der Waals surface area contributed by atoms with Crippen LogP contribution in [0.2, 0.25) is 0 Å². The van der Waals surface area contributed by atoms with Gasteiger partial charge in [0.2, 0.25) is 0 Å². The van der Waals surface area contributed by atoms with E-state index in [0.717, 1.165) is 10.8 Å². The number of nitrogens with zero attached hydrogens (tertiary/aromatic N) is 1. The molecule has 0 spiro atoms. The number of halogens is 1. The maximum atomic E-state index is 11.4. The van der Waals surface area contributed by atoms with E-state index >= 15 is 0 Å². The monoisotopic (exact) mass is 318 g/mol. The third kappa shape index (κ3) is 4.82. The van der Waals surface area contributed by atoms with Gasteiger partial charge in [-0.15, -0.1) is 0 Å². The summed E-state index contributed by atoms with van der Waals surface area (Å²) >= 11 is 7.10. The molecule has 1 aromatic rings. The second-order valence-corrected chi connectivity index (χ2v) is 4.81. The SMILES string of the molecule is COC(=O)NN(C(=O)Cl)c1ccccc1OCCSC. The lowest BCUT2D eigenvalue weighted by atomic mass is 10.3. The first kappa shape index (κ1) is 16.5. The molecular weight excluding hydrogens is 304 g/mol. The summed E-state index contributed by atoms with van der Waals surface area (Å²) in [4.78, 5) is 22.7. The summed E-state index contributed by atoms with van der Waals surface area (Å²) < 4.78 is 10.0. The first-order valence-corrected chi connectivity index (χ1v) is 7.42. The Labute approximate surface area is 126 Å². The summed E-state index contributed by atoms with van der Waals surface area (Å²) in [5.74, 6) is 1.24. The van der Waals surface area contributed by atoms with Crippen molar-refractivity contribution >= 4 is 40.5 Å². The van der Waals surface area contributed by atoms with Crippen LogP contribution in [0.3, 0.4) is 0 Å². The van der Waals surface area contributed by atoms with E-state index < -0.39 is 11.5 Å². The van der Waals surface area contributed by atoms with Crippen molar-refractivity contribution in [3.63, 3.8) is 0 Å². The largest absolute Gasteiger partial charge is 0.490 e. The van der Waals surface area contributed by atoms with Crippen molar-refractivity contribution < 1.29 is 19.1 Å². The Hall–Kier alpha value is -1.60. The van der Waals surface area contributed by atoms with E-state index in [9.17, 15) is 9.59 Å². The molecule has 0 radical (unpaired) electrons. The van der Waals surface area contributed by atoms with Crippen molar-refractivity contribution in [2.45, 2.75) is 0 Å². The van der Waals surface area contributed by atoms with Gasteiger partial charge in [0.25, 0.3) is 0 Å². The van der Waals surface area contributed by atoms with Crippen LogP contribution in [0.1, 0.15) is 0 Å². The average Bonchev–Trinajstić information content (AvgIpc) is 2.45. The molecule has 0 heterocycles. The van der Waals surface area contributed by atoms with Crippen molar-refractivity contribution in [3.8, 4) is 5.75 Å². The number of ether oxygens (including phenoxy) is 2. The number of nitrogens with one attached hydrogen (secondary N) is 1. The molecule has 0 unspecified atom stereocenters. The van der Waals surface area contributed by atoms with Crippen LogP contribution >= 0.6 is 23.4 Å². The Morgan fingerprint density at radius 2 is 2.10 bits per heavy atom. The van der Waals surface area contributed by atoms with Gasteiger partial charge in [0.05, 0.1) is 13.7 Å². The van der Waals surface area contributed by atoms with E-state index in [0.29, 0.717) is 18.0 Å². The van der Waals surface area contributed by atoms with Crippen molar-refractivity contribution in [1.82, 2.24) is 5.43 Å². The van der Waals surface area contributed by atoms with Gasteiger partial charge in [-0.25, -0.2) is 15.2 Å². The Bertz CT molecular complexity index is 473.